The van der Waals surface area contributed by atoms with Crippen molar-refractivity contribution in [2.75, 3.05) is 18.9 Å². The highest BCUT2D eigenvalue weighted by atomic mass is 32.2. The number of nitrogens with zero attached hydrogens (tertiary/aromatic N) is 1. The molecule has 6 heteroatoms. The molecule has 0 radical (unpaired) electrons. The first-order valence-corrected chi connectivity index (χ1v) is 10.7. The smallest absolute Gasteiger partial charge is 0.215 e. The van der Waals surface area contributed by atoms with Crippen molar-refractivity contribution in [3.63, 3.8) is 0 Å². The summed E-state index contributed by atoms with van der Waals surface area (Å²) in [7, 11) is -3.30. The number of hydrogen-bond acceptors (Lipinski definition) is 4. The summed E-state index contributed by atoms with van der Waals surface area (Å²) in [5, 5.41) is 0. The predicted molar refractivity (Wildman–Crippen MR) is 93.3 cm³/mol. The van der Waals surface area contributed by atoms with Gasteiger partial charge in [-0.15, -0.1) is 0 Å². The highest BCUT2D eigenvalue weighted by Gasteiger charge is 2.37. The van der Waals surface area contributed by atoms with E-state index in [4.69, 9.17) is 9.15 Å². The molecule has 2 fully saturated rings. The summed E-state index contributed by atoms with van der Waals surface area (Å²) in [5.74, 6) is 1.75. The number of rotatable bonds is 7. The average molecular weight is 356 g/mol. The lowest BCUT2D eigenvalue weighted by Gasteiger charge is -2.25. The van der Waals surface area contributed by atoms with E-state index in [1.54, 1.807) is 4.31 Å². The molecule has 1 saturated carbocycles. The Morgan fingerprint density at radius 3 is 2.67 bits per heavy atom. The van der Waals surface area contributed by atoms with Crippen molar-refractivity contribution >= 4 is 10.0 Å². The van der Waals surface area contributed by atoms with E-state index in [1.807, 2.05) is 26.0 Å². The minimum atomic E-state index is -3.30. The maximum atomic E-state index is 12.9. The van der Waals surface area contributed by atoms with Crippen LogP contribution < -0.4 is 0 Å². The van der Waals surface area contributed by atoms with Crippen molar-refractivity contribution in [1.82, 2.24) is 4.31 Å². The number of ether oxygens (including phenoxy) is 1. The van der Waals surface area contributed by atoms with Gasteiger partial charge in [0.15, 0.2) is 0 Å². The molecule has 1 aromatic rings. The summed E-state index contributed by atoms with van der Waals surface area (Å²) in [6.45, 7) is 4.97. The zero-order valence-electron chi connectivity index (χ0n) is 14.7. The first-order chi connectivity index (χ1) is 11.5. The summed E-state index contributed by atoms with van der Waals surface area (Å²) in [6.07, 6.45) is 6.75. The lowest BCUT2D eigenvalue weighted by Crippen LogP contribution is -2.35. The van der Waals surface area contributed by atoms with Gasteiger partial charge in [0.1, 0.15) is 11.5 Å². The van der Waals surface area contributed by atoms with Crippen molar-refractivity contribution in [3.8, 4) is 0 Å². The molecule has 5 nitrogen and oxygen atoms in total. The molecular weight excluding hydrogens is 326 g/mol. The number of furan rings is 1. The van der Waals surface area contributed by atoms with Gasteiger partial charge in [0.25, 0.3) is 0 Å². The van der Waals surface area contributed by atoms with Gasteiger partial charge in [-0.2, -0.15) is 4.31 Å². The van der Waals surface area contributed by atoms with E-state index in [0.29, 0.717) is 19.3 Å². The fourth-order valence-electron chi connectivity index (χ4n) is 3.85. The third-order valence-corrected chi connectivity index (χ3v) is 7.21. The van der Waals surface area contributed by atoms with Crippen LogP contribution in [0.1, 0.15) is 63.0 Å². The predicted octanol–water partition coefficient (Wildman–Crippen LogP) is 3.65. The minimum Gasteiger partial charge on any atom is -0.465 e. The second kappa shape index (κ2) is 7.58. The molecule has 1 aliphatic carbocycles. The molecule has 0 N–H and O–H groups in total. The second-order valence-electron chi connectivity index (χ2n) is 7.34. The Balaban J connectivity index is 1.59. The lowest BCUT2D eigenvalue weighted by atomic mass is 10.2. The van der Waals surface area contributed by atoms with E-state index in [-0.39, 0.29) is 17.7 Å². The number of hydrogen-bond donors (Lipinski definition) is 0. The highest BCUT2D eigenvalue weighted by Crippen LogP contribution is 2.35. The van der Waals surface area contributed by atoms with Crippen LogP contribution in [-0.4, -0.2) is 37.7 Å². The van der Waals surface area contributed by atoms with Crippen molar-refractivity contribution < 1.29 is 17.6 Å². The fraction of sp³-hybridized carbons (Fsp3) is 0.778. The molecule has 136 valence electrons. The Morgan fingerprint density at radius 2 is 2.00 bits per heavy atom. The topological polar surface area (TPSA) is 59.8 Å². The quantitative estimate of drug-likeness (QED) is 0.749. The van der Waals surface area contributed by atoms with Gasteiger partial charge in [-0.3, -0.25) is 0 Å². The van der Waals surface area contributed by atoms with Gasteiger partial charge in [-0.25, -0.2) is 8.42 Å². The summed E-state index contributed by atoms with van der Waals surface area (Å²) in [5.41, 5.74) is 0. The Labute approximate surface area is 145 Å². The third-order valence-electron chi connectivity index (χ3n) is 5.06. The van der Waals surface area contributed by atoms with E-state index in [9.17, 15) is 8.42 Å². The van der Waals surface area contributed by atoms with Crippen LogP contribution >= 0.6 is 0 Å². The fourth-order valence-corrected chi connectivity index (χ4v) is 5.86. The van der Waals surface area contributed by atoms with Gasteiger partial charge < -0.3 is 9.15 Å². The van der Waals surface area contributed by atoms with E-state index < -0.39 is 10.0 Å². The summed E-state index contributed by atoms with van der Waals surface area (Å²) < 4.78 is 38.9. The third kappa shape index (κ3) is 4.21. The molecule has 0 spiro atoms. The van der Waals surface area contributed by atoms with Crippen molar-refractivity contribution in [2.24, 2.45) is 5.92 Å². The van der Waals surface area contributed by atoms with Gasteiger partial charge in [-0.05, 0) is 50.7 Å². The maximum Gasteiger partial charge on any atom is 0.215 e. The first-order valence-electron chi connectivity index (χ1n) is 9.13. The van der Waals surface area contributed by atoms with Crippen molar-refractivity contribution in [1.29, 1.82) is 0 Å². The van der Waals surface area contributed by atoms with Crippen LogP contribution in [0, 0.1) is 12.8 Å². The molecule has 0 bridgehead atoms. The summed E-state index contributed by atoms with van der Waals surface area (Å²) >= 11 is 0. The number of sulfonamides is 1. The normalized spacial score (nSPS) is 24.7. The lowest BCUT2D eigenvalue weighted by molar-refractivity contribution is 0.0410. The van der Waals surface area contributed by atoms with Crippen LogP contribution in [0.2, 0.25) is 0 Å². The molecule has 1 aromatic heterocycles. The van der Waals surface area contributed by atoms with E-state index in [1.165, 1.54) is 12.8 Å². The molecule has 2 heterocycles. The molecule has 1 aliphatic heterocycles. The number of aryl methyl sites for hydroxylation is 1. The van der Waals surface area contributed by atoms with Crippen LogP contribution in [-0.2, 0) is 14.8 Å². The molecule has 0 unspecified atom stereocenters. The minimum absolute atomic E-state index is 0.00943. The van der Waals surface area contributed by atoms with E-state index in [0.717, 1.165) is 37.2 Å². The van der Waals surface area contributed by atoms with Crippen LogP contribution in [0.4, 0.5) is 0 Å². The van der Waals surface area contributed by atoms with Crippen LogP contribution in [0.25, 0.3) is 0 Å². The molecular formula is C18H29NO4S. The van der Waals surface area contributed by atoms with Gasteiger partial charge in [0.2, 0.25) is 10.0 Å². The highest BCUT2D eigenvalue weighted by molar-refractivity contribution is 7.89. The zero-order chi connectivity index (χ0) is 17.2. The van der Waals surface area contributed by atoms with E-state index in [2.05, 4.69) is 0 Å². The standard InChI is InChI=1S/C18H29NO4S/c1-14(12-22-16-6-3-4-7-16)13-24(20,21)19-11-5-8-17(19)18-10-9-15(2)23-18/h9-10,14,16-17H,3-8,11-13H2,1-2H3/t14-,17+/m0/s1. The largest absolute Gasteiger partial charge is 0.465 e. The molecule has 3 rings (SSSR count). The van der Waals surface area contributed by atoms with Crippen LogP contribution in [0.15, 0.2) is 16.5 Å². The molecule has 24 heavy (non-hydrogen) atoms. The summed E-state index contributed by atoms with van der Waals surface area (Å²) in [4.78, 5) is 0. The molecule has 0 aromatic carbocycles. The second-order valence-corrected chi connectivity index (χ2v) is 9.31. The molecule has 2 aliphatic rings. The van der Waals surface area contributed by atoms with Gasteiger partial charge >= 0.3 is 0 Å². The van der Waals surface area contributed by atoms with Crippen LogP contribution in [0.5, 0.6) is 0 Å². The Hall–Kier alpha value is -0.850. The Bertz CT molecular complexity index is 633. The Morgan fingerprint density at radius 1 is 1.25 bits per heavy atom. The first kappa shape index (κ1) is 18.0. The molecule has 1 saturated heterocycles. The average Bonchev–Trinajstić information content (AvgIpc) is 3.25. The van der Waals surface area contributed by atoms with E-state index >= 15 is 0 Å². The van der Waals surface area contributed by atoms with Crippen molar-refractivity contribution in [3.05, 3.63) is 23.7 Å². The van der Waals surface area contributed by atoms with Crippen LogP contribution in [0.3, 0.4) is 0 Å². The molecule has 2 atom stereocenters. The van der Waals surface area contributed by atoms with Gasteiger partial charge in [0, 0.05) is 6.54 Å². The zero-order valence-corrected chi connectivity index (χ0v) is 15.6. The summed E-state index contributed by atoms with van der Waals surface area (Å²) in [6, 6.07) is 3.66. The molecule has 0 amide bonds. The maximum absolute atomic E-state index is 12.9. The SMILES string of the molecule is Cc1ccc([C@H]2CCCN2S(=O)(=O)C[C@@H](C)COC2CCCC2)o1. The van der Waals surface area contributed by atoms with Gasteiger partial charge in [-0.1, -0.05) is 19.8 Å². The Kier molecular flexibility index (Phi) is 5.67. The monoisotopic (exact) mass is 355 g/mol. The van der Waals surface area contributed by atoms with Crippen molar-refractivity contribution in [2.45, 2.75) is 64.5 Å². The van der Waals surface area contributed by atoms with Gasteiger partial charge in [0.05, 0.1) is 24.5 Å².